The number of rotatable bonds is 8. The summed E-state index contributed by atoms with van der Waals surface area (Å²) in [7, 11) is 1.96. The minimum absolute atomic E-state index is 0.146. The largest absolute Gasteiger partial charge is 0.389 e. The van der Waals surface area contributed by atoms with Crippen LogP contribution in [0.1, 0.15) is 26.7 Å². The van der Waals surface area contributed by atoms with E-state index in [1.165, 1.54) is 0 Å². The molecule has 1 amide bonds. The van der Waals surface area contributed by atoms with Crippen LogP contribution in [0.4, 0.5) is 0 Å². The zero-order valence-corrected chi connectivity index (χ0v) is 11.8. The molecule has 0 spiro atoms. The van der Waals surface area contributed by atoms with Crippen molar-refractivity contribution in [2.75, 3.05) is 39.8 Å². The van der Waals surface area contributed by atoms with E-state index in [9.17, 15) is 9.90 Å². The number of amides is 1. The zero-order chi connectivity index (χ0) is 13.5. The molecule has 1 N–H and O–H groups in total. The van der Waals surface area contributed by atoms with E-state index >= 15 is 0 Å². The van der Waals surface area contributed by atoms with Crippen molar-refractivity contribution in [2.45, 2.75) is 38.9 Å². The summed E-state index contributed by atoms with van der Waals surface area (Å²) in [6.45, 7) is 7.29. The summed E-state index contributed by atoms with van der Waals surface area (Å²) < 4.78 is 5.36. The fraction of sp³-hybridized carbons (Fsp3) is 0.923. The van der Waals surface area contributed by atoms with Crippen molar-refractivity contribution in [1.82, 2.24) is 9.80 Å². The normalized spacial score (nSPS) is 18.1. The molecule has 18 heavy (non-hydrogen) atoms. The van der Waals surface area contributed by atoms with Crippen LogP contribution >= 0.6 is 0 Å². The molecule has 1 fully saturated rings. The third-order valence-corrected chi connectivity index (χ3v) is 3.07. The fourth-order valence-corrected chi connectivity index (χ4v) is 2.04. The molecule has 5 nitrogen and oxygen atoms in total. The summed E-state index contributed by atoms with van der Waals surface area (Å²) in [4.78, 5) is 15.4. The minimum atomic E-state index is -0.466. The molecule has 1 aliphatic heterocycles. The highest BCUT2D eigenvalue weighted by molar-refractivity contribution is 5.78. The number of hydrogen-bond donors (Lipinski definition) is 1. The van der Waals surface area contributed by atoms with Crippen LogP contribution in [0.15, 0.2) is 0 Å². The van der Waals surface area contributed by atoms with E-state index in [0.29, 0.717) is 19.6 Å². The van der Waals surface area contributed by atoms with Gasteiger partial charge in [0, 0.05) is 32.6 Å². The first kappa shape index (κ1) is 15.4. The molecule has 1 atom stereocenters. The van der Waals surface area contributed by atoms with Crippen molar-refractivity contribution < 1.29 is 14.6 Å². The first-order chi connectivity index (χ1) is 8.49. The molecular weight excluding hydrogens is 232 g/mol. The maximum absolute atomic E-state index is 11.4. The molecule has 0 aromatic heterocycles. The second kappa shape index (κ2) is 7.71. The number of likely N-dealkylation sites (tertiary alicyclic amines) is 1. The number of aliphatic hydroxyl groups is 1. The van der Waals surface area contributed by atoms with E-state index in [2.05, 4.69) is 0 Å². The number of carbonyl (C=O) groups is 1. The van der Waals surface area contributed by atoms with Gasteiger partial charge in [-0.1, -0.05) is 0 Å². The molecule has 106 valence electrons. The van der Waals surface area contributed by atoms with Gasteiger partial charge in [0.25, 0.3) is 0 Å². The van der Waals surface area contributed by atoms with E-state index < -0.39 is 6.10 Å². The van der Waals surface area contributed by atoms with E-state index in [1.807, 2.05) is 30.7 Å². The molecule has 1 unspecified atom stereocenters. The molecule has 0 aromatic rings. The Kier molecular flexibility index (Phi) is 6.60. The third-order valence-electron chi connectivity index (χ3n) is 3.07. The smallest absolute Gasteiger partial charge is 0.222 e. The number of aliphatic hydroxyl groups excluding tert-OH is 1. The second-order valence-electron chi connectivity index (χ2n) is 5.28. The van der Waals surface area contributed by atoms with Crippen LogP contribution in [0.25, 0.3) is 0 Å². The van der Waals surface area contributed by atoms with Crippen LogP contribution in [0.5, 0.6) is 0 Å². The van der Waals surface area contributed by atoms with Crippen LogP contribution in [0.2, 0.25) is 0 Å². The standard InChI is InChI=1S/C13H26N2O3/c1-11(2)18-10-12(16)9-14(3)7-8-15-6-4-5-13(15)17/h11-12,16H,4-10H2,1-3H3. The van der Waals surface area contributed by atoms with Gasteiger partial charge < -0.3 is 19.6 Å². The number of ether oxygens (including phenoxy) is 1. The first-order valence-electron chi connectivity index (χ1n) is 6.75. The van der Waals surface area contributed by atoms with Gasteiger partial charge in [-0.2, -0.15) is 0 Å². The number of hydrogen-bond acceptors (Lipinski definition) is 4. The molecule has 5 heteroatoms. The fourth-order valence-electron chi connectivity index (χ4n) is 2.04. The monoisotopic (exact) mass is 258 g/mol. The van der Waals surface area contributed by atoms with Gasteiger partial charge >= 0.3 is 0 Å². The summed E-state index contributed by atoms with van der Waals surface area (Å²) in [5.74, 6) is 0.257. The molecule has 1 rings (SSSR count). The quantitative estimate of drug-likeness (QED) is 0.681. The van der Waals surface area contributed by atoms with Crippen LogP contribution in [0, 0.1) is 0 Å². The van der Waals surface area contributed by atoms with Gasteiger partial charge in [-0.25, -0.2) is 0 Å². The van der Waals surface area contributed by atoms with Crippen LogP contribution < -0.4 is 0 Å². The summed E-state index contributed by atoms with van der Waals surface area (Å²) >= 11 is 0. The van der Waals surface area contributed by atoms with Gasteiger partial charge in [-0.3, -0.25) is 4.79 Å². The van der Waals surface area contributed by atoms with Crippen molar-refractivity contribution in [3.05, 3.63) is 0 Å². The minimum Gasteiger partial charge on any atom is -0.389 e. The van der Waals surface area contributed by atoms with Crippen molar-refractivity contribution in [2.24, 2.45) is 0 Å². The predicted molar refractivity (Wildman–Crippen MR) is 70.4 cm³/mol. The lowest BCUT2D eigenvalue weighted by Crippen LogP contribution is -2.38. The maximum atomic E-state index is 11.4. The molecule has 1 saturated heterocycles. The number of carbonyl (C=O) groups excluding carboxylic acids is 1. The average molecular weight is 258 g/mol. The molecule has 0 bridgehead atoms. The van der Waals surface area contributed by atoms with E-state index in [-0.39, 0.29) is 12.0 Å². The summed E-state index contributed by atoms with van der Waals surface area (Å²) in [5, 5.41) is 9.77. The molecule has 0 saturated carbocycles. The van der Waals surface area contributed by atoms with Gasteiger partial charge in [-0.15, -0.1) is 0 Å². The van der Waals surface area contributed by atoms with Gasteiger partial charge in [0.05, 0.1) is 18.8 Å². The number of nitrogens with zero attached hydrogens (tertiary/aromatic N) is 2. The second-order valence-corrected chi connectivity index (χ2v) is 5.28. The lowest BCUT2D eigenvalue weighted by Gasteiger charge is -2.24. The lowest BCUT2D eigenvalue weighted by atomic mass is 10.3. The molecule has 1 heterocycles. The van der Waals surface area contributed by atoms with Crippen molar-refractivity contribution in [3.63, 3.8) is 0 Å². The predicted octanol–water partition coefficient (Wildman–Crippen LogP) is 0.327. The van der Waals surface area contributed by atoms with Crippen molar-refractivity contribution in [1.29, 1.82) is 0 Å². The van der Waals surface area contributed by atoms with E-state index in [4.69, 9.17) is 4.74 Å². The van der Waals surface area contributed by atoms with Gasteiger partial charge in [0.1, 0.15) is 0 Å². The Hall–Kier alpha value is -0.650. The van der Waals surface area contributed by atoms with Gasteiger partial charge in [0.2, 0.25) is 5.91 Å². The summed E-state index contributed by atoms with van der Waals surface area (Å²) in [5.41, 5.74) is 0. The van der Waals surface area contributed by atoms with E-state index in [0.717, 1.165) is 26.1 Å². The average Bonchev–Trinajstić information content (AvgIpc) is 2.69. The number of likely N-dealkylation sites (N-methyl/N-ethyl adjacent to an activating group) is 1. The van der Waals surface area contributed by atoms with Crippen LogP contribution in [0.3, 0.4) is 0 Å². The van der Waals surface area contributed by atoms with Crippen molar-refractivity contribution >= 4 is 5.91 Å². The highest BCUT2D eigenvalue weighted by atomic mass is 16.5. The van der Waals surface area contributed by atoms with E-state index in [1.54, 1.807) is 0 Å². The Balaban J connectivity index is 2.12. The van der Waals surface area contributed by atoms with Gasteiger partial charge in [-0.05, 0) is 27.3 Å². The SMILES string of the molecule is CC(C)OCC(O)CN(C)CCN1CCCC1=O. The molecule has 0 aromatic carbocycles. The zero-order valence-electron chi connectivity index (χ0n) is 11.8. The molecule has 0 radical (unpaired) electrons. The van der Waals surface area contributed by atoms with Crippen LogP contribution in [-0.4, -0.2) is 72.9 Å². The van der Waals surface area contributed by atoms with Gasteiger partial charge in [0.15, 0.2) is 0 Å². The van der Waals surface area contributed by atoms with Crippen molar-refractivity contribution in [3.8, 4) is 0 Å². The Morgan fingerprint density at radius 1 is 1.50 bits per heavy atom. The van der Waals surface area contributed by atoms with Crippen LogP contribution in [-0.2, 0) is 9.53 Å². The Bertz CT molecular complexity index is 259. The molecule has 1 aliphatic rings. The third kappa shape index (κ3) is 5.80. The Morgan fingerprint density at radius 2 is 2.22 bits per heavy atom. The Labute approximate surface area is 110 Å². The highest BCUT2D eigenvalue weighted by Gasteiger charge is 2.20. The lowest BCUT2D eigenvalue weighted by molar-refractivity contribution is -0.127. The highest BCUT2D eigenvalue weighted by Crippen LogP contribution is 2.08. The maximum Gasteiger partial charge on any atom is 0.222 e. The summed E-state index contributed by atoms with van der Waals surface area (Å²) in [6, 6.07) is 0. The topological polar surface area (TPSA) is 53.0 Å². The molecule has 0 aliphatic carbocycles. The Morgan fingerprint density at radius 3 is 2.78 bits per heavy atom. The molecular formula is C13H26N2O3. The summed E-state index contributed by atoms with van der Waals surface area (Å²) in [6.07, 6.45) is 1.35. The first-order valence-corrected chi connectivity index (χ1v) is 6.75.